The number of rotatable bonds is 5. The molecule has 106 valence electrons. The van der Waals surface area contributed by atoms with Gasteiger partial charge in [-0.1, -0.05) is 30.4 Å². The van der Waals surface area contributed by atoms with Crippen molar-refractivity contribution >= 4 is 16.9 Å². The van der Waals surface area contributed by atoms with Crippen LogP contribution in [0, 0.1) is 6.92 Å². The summed E-state index contributed by atoms with van der Waals surface area (Å²) < 4.78 is 5.73. The Labute approximate surface area is 119 Å². The van der Waals surface area contributed by atoms with Gasteiger partial charge in [-0.3, -0.25) is 0 Å². The average molecular weight is 271 g/mol. The second-order valence-electron chi connectivity index (χ2n) is 4.97. The molecule has 0 atom stereocenters. The maximum Gasteiger partial charge on any atom is 0.188 e. The molecule has 0 aliphatic rings. The molecule has 20 heavy (non-hydrogen) atoms. The topological polar surface area (TPSA) is 63.5 Å². The van der Waals surface area contributed by atoms with Crippen molar-refractivity contribution in [3.05, 3.63) is 47.7 Å². The summed E-state index contributed by atoms with van der Waals surface area (Å²) in [5.74, 6) is 1.42. The number of guanidine groups is 1. The predicted molar refractivity (Wildman–Crippen MR) is 84.0 cm³/mol. The molecule has 4 nitrogen and oxygen atoms in total. The standard InChI is InChI=1S/C16H21N3O/c1-11(2)10-19-16(17)18-9-8-13-12(3)20-15-7-5-4-6-14(13)15/h4-7H,1,8-10H2,2-3H3,(H3,17,18,19). The van der Waals surface area contributed by atoms with Crippen molar-refractivity contribution in [2.75, 3.05) is 13.1 Å². The third-order valence-electron chi connectivity index (χ3n) is 3.10. The number of nitrogens with two attached hydrogens (primary N) is 1. The molecule has 0 unspecified atom stereocenters. The first kappa shape index (κ1) is 14.2. The summed E-state index contributed by atoms with van der Waals surface area (Å²) >= 11 is 0. The monoisotopic (exact) mass is 271 g/mol. The van der Waals surface area contributed by atoms with Gasteiger partial charge < -0.3 is 15.5 Å². The first-order valence-electron chi connectivity index (χ1n) is 6.73. The Bertz CT molecular complexity index is 640. The van der Waals surface area contributed by atoms with E-state index in [0.29, 0.717) is 12.5 Å². The van der Waals surface area contributed by atoms with Crippen LogP contribution in [0.5, 0.6) is 0 Å². The molecule has 3 N–H and O–H groups in total. The summed E-state index contributed by atoms with van der Waals surface area (Å²) in [6.07, 6.45) is 0.853. The van der Waals surface area contributed by atoms with Crippen molar-refractivity contribution in [3.63, 3.8) is 0 Å². The van der Waals surface area contributed by atoms with Gasteiger partial charge in [-0.05, 0) is 26.3 Å². The number of nitrogens with zero attached hydrogens (tertiary/aromatic N) is 1. The second-order valence-corrected chi connectivity index (χ2v) is 4.97. The molecule has 1 aromatic carbocycles. The lowest BCUT2D eigenvalue weighted by Crippen LogP contribution is -2.33. The number of hydrogen-bond donors (Lipinski definition) is 2. The summed E-state index contributed by atoms with van der Waals surface area (Å²) in [4.78, 5) is 4.19. The van der Waals surface area contributed by atoms with Gasteiger partial charge in [-0.25, -0.2) is 4.99 Å². The van der Waals surface area contributed by atoms with Crippen molar-refractivity contribution in [3.8, 4) is 0 Å². The molecule has 4 heteroatoms. The SMILES string of the molecule is C=C(C)CN=C(N)NCCc1c(C)oc2ccccc12. The van der Waals surface area contributed by atoms with Crippen LogP contribution in [0.3, 0.4) is 0 Å². The smallest absolute Gasteiger partial charge is 0.188 e. The molecule has 0 aliphatic carbocycles. The Morgan fingerprint density at radius 2 is 2.15 bits per heavy atom. The van der Waals surface area contributed by atoms with Crippen molar-refractivity contribution in [2.45, 2.75) is 20.3 Å². The van der Waals surface area contributed by atoms with Crippen LogP contribution in [0.2, 0.25) is 0 Å². The van der Waals surface area contributed by atoms with E-state index in [4.69, 9.17) is 10.2 Å². The molecule has 0 fully saturated rings. The van der Waals surface area contributed by atoms with Gasteiger partial charge in [0.15, 0.2) is 5.96 Å². The Hall–Kier alpha value is -2.23. The van der Waals surface area contributed by atoms with E-state index in [9.17, 15) is 0 Å². The Morgan fingerprint density at radius 1 is 1.40 bits per heavy atom. The van der Waals surface area contributed by atoms with Gasteiger partial charge >= 0.3 is 0 Å². The average Bonchev–Trinajstić information content (AvgIpc) is 2.73. The molecular formula is C16H21N3O. The molecular weight excluding hydrogens is 250 g/mol. The number of benzene rings is 1. The number of furan rings is 1. The Balaban J connectivity index is 1.98. The van der Waals surface area contributed by atoms with E-state index in [0.717, 1.165) is 29.9 Å². The number of fused-ring (bicyclic) bond motifs is 1. The van der Waals surface area contributed by atoms with Crippen LogP contribution in [0.25, 0.3) is 11.0 Å². The van der Waals surface area contributed by atoms with Gasteiger partial charge in [0.05, 0.1) is 6.54 Å². The van der Waals surface area contributed by atoms with Crippen LogP contribution in [0.1, 0.15) is 18.2 Å². The molecule has 0 amide bonds. The maximum atomic E-state index is 5.79. The fraction of sp³-hybridized carbons (Fsp3) is 0.312. The lowest BCUT2D eigenvalue weighted by Gasteiger charge is -2.05. The number of para-hydroxylation sites is 1. The molecule has 1 heterocycles. The predicted octanol–water partition coefficient (Wildman–Crippen LogP) is 2.76. The highest BCUT2D eigenvalue weighted by Gasteiger charge is 2.09. The highest BCUT2D eigenvalue weighted by molar-refractivity contribution is 5.82. The van der Waals surface area contributed by atoms with E-state index >= 15 is 0 Å². The van der Waals surface area contributed by atoms with Crippen molar-refractivity contribution in [1.29, 1.82) is 0 Å². The third-order valence-corrected chi connectivity index (χ3v) is 3.10. The van der Waals surface area contributed by atoms with Gasteiger partial charge in [-0.2, -0.15) is 0 Å². The highest BCUT2D eigenvalue weighted by Crippen LogP contribution is 2.25. The minimum Gasteiger partial charge on any atom is -0.461 e. The summed E-state index contributed by atoms with van der Waals surface area (Å²) in [6.45, 7) is 9.01. The van der Waals surface area contributed by atoms with Crippen LogP contribution in [0.4, 0.5) is 0 Å². The highest BCUT2D eigenvalue weighted by atomic mass is 16.3. The normalized spacial score (nSPS) is 11.8. The molecule has 0 spiro atoms. The Kier molecular flexibility index (Phi) is 4.45. The maximum absolute atomic E-state index is 5.79. The summed E-state index contributed by atoms with van der Waals surface area (Å²) in [5.41, 5.74) is 8.94. The number of hydrogen-bond acceptors (Lipinski definition) is 2. The van der Waals surface area contributed by atoms with Crippen molar-refractivity contribution in [1.82, 2.24) is 5.32 Å². The van der Waals surface area contributed by atoms with E-state index in [1.807, 2.05) is 32.0 Å². The van der Waals surface area contributed by atoms with E-state index in [2.05, 4.69) is 23.0 Å². The first-order valence-corrected chi connectivity index (χ1v) is 6.73. The lowest BCUT2D eigenvalue weighted by molar-refractivity contribution is 0.571. The summed E-state index contributed by atoms with van der Waals surface area (Å²) in [6, 6.07) is 8.08. The fourth-order valence-corrected chi connectivity index (χ4v) is 2.12. The molecule has 1 aromatic heterocycles. The summed E-state index contributed by atoms with van der Waals surface area (Å²) in [5, 5.41) is 4.28. The van der Waals surface area contributed by atoms with Gasteiger partial charge in [0, 0.05) is 17.5 Å². The first-order chi connectivity index (χ1) is 9.58. The quantitative estimate of drug-likeness (QED) is 0.499. The van der Waals surface area contributed by atoms with Gasteiger partial charge in [0.2, 0.25) is 0 Å². The molecule has 0 saturated carbocycles. The fourth-order valence-electron chi connectivity index (χ4n) is 2.12. The number of aryl methyl sites for hydroxylation is 1. The van der Waals surface area contributed by atoms with Gasteiger partial charge in [-0.15, -0.1) is 0 Å². The molecule has 0 radical (unpaired) electrons. The molecule has 2 rings (SSSR count). The van der Waals surface area contributed by atoms with Crippen molar-refractivity contribution < 1.29 is 4.42 Å². The van der Waals surface area contributed by atoms with Crippen molar-refractivity contribution in [2.24, 2.45) is 10.7 Å². The minimum atomic E-state index is 0.457. The molecule has 2 aromatic rings. The van der Waals surface area contributed by atoms with Crippen LogP contribution in [-0.2, 0) is 6.42 Å². The van der Waals surface area contributed by atoms with Crippen LogP contribution in [0.15, 0.2) is 45.8 Å². The summed E-state index contributed by atoms with van der Waals surface area (Å²) in [7, 11) is 0. The van der Waals surface area contributed by atoms with E-state index < -0.39 is 0 Å². The van der Waals surface area contributed by atoms with E-state index in [1.165, 1.54) is 10.9 Å². The molecule has 0 aliphatic heterocycles. The second kappa shape index (κ2) is 6.28. The lowest BCUT2D eigenvalue weighted by atomic mass is 10.1. The number of nitrogens with one attached hydrogen (secondary N) is 1. The zero-order chi connectivity index (χ0) is 14.5. The van der Waals surface area contributed by atoms with Gasteiger partial charge in [0.25, 0.3) is 0 Å². The third kappa shape index (κ3) is 3.41. The van der Waals surface area contributed by atoms with Gasteiger partial charge in [0.1, 0.15) is 11.3 Å². The molecule has 0 saturated heterocycles. The number of aliphatic imine (C=N–C) groups is 1. The van der Waals surface area contributed by atoms with Crippen LogP contribution < -0.4 is 11.1 Å². The minimum absolute atomic E-state index is 0.457. The zero-order valence-electron chi connectivity index (χ0n) is 12.1. The largest absolute Gasteiger partial charge is 0.461 e. The Morgan fingerprint density at radius 3 is 2.90 bits per heavy atom. The molecule has 0 bridgehead atoms. The van der Waals surface area contributed by atoms with Crippen LogP contribution >= 0.6 is 0 Å². The zero-order valence-corrected chi connectivity index (χ0v) is 12.1. The van der Waals surface area contributed by atoms with Crippen LogP contribution in [-0.4, -0.2) is 19.0 Å². The van der Waals surface area contributed by atoms with E-state index in [1.54, 1.807) is 0 Å². The van der Waals surface area contributed by atoms with E-state index in [-0.39, 0.29) is 0 Å².